The molecule has 2 N–H and O–H groups in total. The summed E-state index contributed by atoms with van der Waals surface area (Å²) in [6.45, 7) is 1.97. The van der Waals surface area contributed by atoms with Crippen LogP contribution in [0.1, 0.15) is 23.0 Å². The van der Waals surface area contributed by atoms with Crippen LogP contribution in [0, 0.1) is 0 Å². The first-order chi connectivity index (χ1) is 15.6. The third kappa shape index (κ3) is 4.98. The van der Waals surface area contributed by atoms with Crippen molar-refractivity contribution in [2.24, 2.45) is 0 Å². The largest absolute Gasteiger partial charge is 0.324 e. The summed E-state index contributed by atoms with van der Waals surface area (Å²) < 4.78 is 0. The number of aryl methyl sites for hydroxylation is 1. The molecule has 0 aliphatic heterocycles. The number of aromatic nitrogens is 6. The molecular formula is C22H20N8O2. The van der Waals surface area contributed by atoms with Crippen LogP contribution in [0.15, 0.2) is 67.1 Å². The van der Waals surface area contributed by atoms with Crippen LogP contribution < -0.4 is 10.6 Å². The highest BCUT2D eigenvalue weighted by Gasteiger charge is 2.15. The topological polar surface area (TPSA) is 128 Å². The average Bonchev–Trinajstić information content (AvgIpc) is 3.28. The fraction of sp³-hybridized carbons (Fsp3) is 0.136. The van der Waals surface area contributed by atoms with Gasteiger partial charge in [0.25, 0.3) is 5.91 Å². The lowest BCUT2D eigenvalue weighted by atomic mass is 10.1. The maximum Gasteiger partial charge on any atom is 0.275 e. The number of tetrazole rings is 1. The van der Waals surface area contributed by atoms with E-state index in [1.807, 2.05) is 24.3 Å². The van der Waals surface area contributed by atoms with Crippen LogP contribution >= 0.6 is 0 Å². The molecule has 0 aliphatic carbocycles. The number of nitrogens with zero attached hydrogens (tertiary/aromatic N) is 6. The van der Waals surface area contributed by atoms with Crippen LogP contribution in [-0.4, -0.2) is 42.0 Å². The zero-order valence-electron chi connectivity index (χ0n) is 17.3. The third-order valence-electron chi connectivity index (χ3n) is 4.60. The SMILES string of the molecule is CCc1ccc(NC(=O)Cn2nnc(-c3ccccc3NC(=O)c3cnccn3)n2)cc1. The second-order valence-corrected chi connectivity index (χ2v) is 6.83. The van der Waals surface area contributed by atoms with Gasteiger partial charge in [-0.15, -0.1) is 10.2 Å². The van der Waals surface area contributed by atoms with Crippen molar-refractivity contribution in [1.29, 1.82) is 0 Å². The summed E-state index contributed by atoms with van der Waals surface area (Å²) in [5.41, 5.74) is 3.12. The fourth-order valence-corrected chi connectivity index (χ4v) is 2.96. The molecule has 10 nitrogen and oxygen atoms in total. The van der Waals surface area contributed by atoms with E-state index in [2.05, 4.69) is 42.9 Å². The Morgan fingerprint density at radius 2 is 1.81 bits per heavy atom. The summed E-state index contributed by atoms with van der Waals surface area (Å²) in [7, 11) is 0. The molecule has 0 spiro atoms. The van der Waals surface area contributed by atoms with E-state index in [1.54, 1.807) is 24.3 Å². The predicted molar refractivity (Wildman–Crippen MR) is 118 cm³/mol. The van der Waals surface area contributed by atoms with Crippen molar-refractivity contribution in [2.75, 3.05) is 10.6 Å². The maximum absolute atomic E-state index is 12.4. The van der Waals surface area contributed by atoms with Crippen molar-refractivity contribution in [2.45, 2.75) is 19.9 Å². The third-order valence-corrected chi connectivity index (χ3v) is 4.60. The van der Waals surface area contributed by atoms with E-state index in [0.717, 1.165) is 6.42 Å². The standard InChI is InChI=1S/C22H20N8O2/c1-2-15-7-9-16(10-8-15)25-20(31)14-30-28-21(27-29-30)17-5-3-4-6-18(17)26-22(32)19-13-23-11-12-24-19/h3-13H,2,14H2,1H3,(H,25,31)(H,26,32). The van der Waals surface area contributed by atoms with Gasteiger partial charge in [-0.2, -0.15) is 4.80 Å². The van der Waals surface area contributed by atoms with E-state index >= 15 is 0 Å². The summed E-state index contributed by atoms with van der Waals surface area (Å²) in [6.07, 6.45) is 5.24. The van der Waals surface area contributed by atoms with Gasteiger partial charge in [0.2, 0.25) is 11.7 Å². The molecule has 0 unspecified atom stereocenters. The Balaban J connectivity index is 1.45. The van der Waals surface area contributed by atoms with Crippen molar-refractivity contribution < 1.29 is 9.59 Å². The molecule has 32 heavy (non-hydrogen) atoms. The number of nitrogens with one attached hydrogen (secondary N) is 2. The van der Waals surface area contributed by atoms with Crippen LogP contribution in [0.2, 0.25) is 0 Å². The number of carbonyl (C=O) groups excluding carboxylic acids is 2. The number of carbonyl (C=O) groups is 2. The molecule has 2 aromatic heterocycles. The van der Waals surface area contributed by atoms with E-state index in [4.69, 9.17) is 0 Å². The van der Waals surface area contributed by atoms with Gasteiger partial charge in [0.15, 0.2) is 0 Å². The minimum absolute atomic E-state index is 0.101. The molecule has 0 radical (unpaired) electrons. The van der Waals surface area contributed by atoms with E-state index in [9.17, 15) is 9.59 Å². The summed E-state index contributed by atoms with van der Waals surface area (Å²) >= 11 is 0. The Morgan fingerprint density at radius 3 is 2.56 bits per heavy atom. The number of rotatable bonds is 7. The Morgan fingerprint density at radius 1 is 1.00 bits per heavy atom. The van der Waals surface area contributed by atoms with Crippen molar-refractivity contribution in [3.05, 3.63) is 78.4 Å². The molecule has 2 aromatic carbocycles. The van der Waals surface area contributed by atoms with Crippen molar-refractivity contribution >= 4 is 23.2 Å². The molecule has 2 amide bonds. The van der Waals surface area contributed by atoms with Gasteiger partial charge in [0.05, 0.1) is 11.9 Å². The summed E-state index contributed by atoms with van der Waals surface area (Å²) in [6, 6.07) is 14.7. The van der Waals surface area contributed by atoms with Gasteiger partial charge in [-0.3, -0.25) is 14.6 Å². The van der Waals surface area contributed by atoms with Gasteiger partial charge in [-0.25, -0.2) is 4.98 Å². The lowest BCUT2D eigenvalue weighted by Crippen LogP contribution is -2.20. The quantitative estimate of drug-likeness (QED) is 0.463. The van der Waals surface area contributed by atoms with E-state index in [1.165, 1.54) is 29.0 Å². The van der Waals surface area contributed by atoms with Crippen LogP contribution in [0.3, 0.4) is 0 Å². The van der Waals surface area contributed by atoms with E-state index in [-0.39, 0.29) is 24.0 Å². The molecule has 10 heteroatoms. The van der Waals surface area contributed by atoms with Crippen molar-refractivity contribution in [1.82, 2.24) is 30.2 Å². The first kappa shape index (κ1) is 20.8. The molecule has 0 atom stereocenters. The number of hydrogen-bond donors (Lipinski definition) is 2. The maximum atomic E-state index is 12.4. The monoisotopic (exact) mass is 428 g/mol. The first-order valence-corrected chi connectivity index (χ1v) is 9.95. The predicted octanol–water partition coefficient (Wildman–Crippen LogP) is 2.58. The normalized spacial score (nSPS) is 10.5. The zero-order chi connectivity index (χ0) is 22.3. The lowest BCUT2D eigenvalue weighted by Gasteiger charge is -2.08. The van der Waals surface area contributed by atoms with Gasteiger partial charge >= 0.3 is 0 Å². The highest BCUT2D eigenvalue weighted by Crippen LogP contribution is 2.24. The molecule has 2 heterocycles. The zero-order valence-corrected chi connectivity index (χ0v) is 17.3. The molecule has 0 saturated carbocycles. The molecule has 0 saturated heterocycles. The van der Waals surface area contributed by atoms with Gasteiger partial charge in [-0.05, 0) is 41.5 Å². The van der Waals surface area contributed by atoms with Crippen molar-refractivity contribution in [3.8, 4) is 11.4 Å². The molecule has 0 bridgehead atoms. The van der Waals surface area contributed by atoms with Gasteiger partial charge < -0.3 is 10.6 Å². The first-order valence-electron chi connectivity index (χ1n) is 9.95. The minimum Gasteiger partial charge on any atom is -0.324 e. The average molecular weight is 428 g/mol. The second kappa shape index (κ2) is 9.56. The minimum atomic E-state index is -0.411. The van der Waals surface area contributed by atoms with Crippen LogP contribution in [0.4, 0.5) is 11.4 Å². The number of benzene rings is 2. The highest BCUT2D eigenvalue weighted by atomic mass is 16.2. The molecule has 160 valence electrons. The summed E-state index contributed by atoms with van der Waals surface area (Å²) in [4.78, 5) is 33.9. The van der Waals surface area contributed by atoms with Crippen LogP contribution in [-0.2, 0) is 17.8 Å². The van der Waals surface area contributed by atoms with Gasteiger partial charge in [0.1, 0.15) is 12.2 Å². The van der Waals surface area contributed by atoms with Gasteiger partial charge in [-0.1, -0.05) is 31.2 Å². The molecule has 0 aliphatic rings. The van der Waals surface area contributed by atoms with E-state index in [0.29, 0.717) is 16.9 Å². The van der Waals surface area contributed by atoms with Crippen molar-refractivity contribution in [3.63, 3.8) is 0 Å². The Kier molecular flexibility index (Phi) is 6.21. The Hall–Kier alpha value is -4.47. The molecule has 4 rings (SSSR count). The Labute approximate surface area is 183 Å². The van der Waals surface area contributed by atoms with Gasteiger partial charge in [0, 0.05) is 23.6 Å². The summed E-state index contributed by atoms with van der Waals surface area (Å²) in [5, 5.41) is 17.9. The Bertz CT molecular complexity index is 1220. The van der Waals surface area contributed by atoms with Crippen LogP contribution in [0.5, 0.6) is 0 Å². The highest BCUT2D eigenvalue weighted by molar-refractivity contribution is 6.04. The van der Waals surface area contributed by atoms with E-state index < -0.39 is 5.91 Å². The summed E-state index contributed by atoms with van der Waals surface area (Å²) in [5.74, 6) is -0.408. The number of anilines is 2. The number of para-hydroxylation sites is 1. The molecular weight excluding hydrogens is 408 g/mol. The smallest absolute Gasteiger partial charge is 0.275 e. The van der Waals surface area contributed by atoms with Crippen LogP contribution in [0.25, 0.3) is 11.4 Å². The number of hydrogen-bond acceptors (Lipinski definition) is 7. The second-order valence-electron chi connectivity index (χ2n) is 6.83. The molecule has 0 fully saturated rings. The number of amides is 2. The lowest BCUT2D eigenvalue weighted by molar-refractivity contribution is -0.117. The molecule has 4 aromatic rings. The fourth-order valence-electron chi connectivity index (χ4n) is 2.96.